The number of hydrazone groups is 1. The summed E-state index contributed by atoms with van der Waals surface area (Å²) in [6, 6.07) is 12.2. The van der Waals surface area contributed by atoms with Crippen LogP contribution < -0.4 is 14.9 Å². The number of para-hydroxylation sites is 2. The van der Waals surface area contributed by atoms with Crippen LogP contribution in [0, 0.1) is 0 Å². The van der Waals surface area contributed by atoms with Crippen LogP contribution in [0.4, 0.5) is 0 Å². The van der Waals surface area contributed by atoms with Crippen molar-refractivity contribution in [3.63, 3.8) is 0 Å². The highest BCUT2D eigenvalue weighted by Crippen LogP contribution is 2.30. The van der Waals surface area contributed by atoms with E-state index in [0.717, 1.165) is 0 Å². The number of halogens is 2. The summed E-state index contributed by atoms with van der Waals surface area (Å²) in [6.07, 6.45) is 0.677. The lowest BCUT2D eigenvalue weighted by Gasteiger charge is -2.24. The topological polar surface area (TPSA) is 59.9 Å². The Kier molecular flexibility index (Phi) is 4.69. The average Bonchev–Trinajstić information content (AvgIpc) is 2.56. The van der Waals surface area contributed by atoms with Gasteiger partial charge in [-0.15, -0.1) is 0 Å². The molecule has 0 aliphatic carbocycles. The zero-order valence-corrected chi connectivity index (χ0v) is 13.3. The lowest BCUT2D eigenvalue weighted by Crippen LogP contribution is -2.42. The lowest BCUT2D eigenvalue weighted by atomic mass is 10.2. The molecule has 23 heavy (non-hydrogen) atoms. The Morgan fingerprint density at radius 3 is 2.78 bits per heavy atom. The molecule has 1 aliphatic heterocycles. The minimum Gasteiger partial charge on any atom is -0.485 e. The number of amides is 1. The first-order valence-electron chi connectivity index (χ1n) is 6.80. The second kappa shape index (κ2) is 6.89. The molecule has 1 N–H and O–H groups in total. The van der Waals surface area contributed by atoms with Crippen molar-refractivity contribution in [1.29, 1.82) is 0 Å². The van der Waals surface area contributed by atoms with Gasteiger partial charge in [-0.3, -0.25) is 4.79 Å². The summed E-state index contributed by atoms with van der Waals surface area (Å²) in [6.45, 7) is 0.125. The van der Waals surface area contributed by atoms with Crippen LogP contribution in [0.15, 0.2) is 47.6 Å². The zero-order chi connectivity index (χ0) is 16.2. The van der Waals surface area contributed by atoms with Gasteiger partial charge in [0.15, 0.2) is 11.5 Å². The molecular weight excluding hydrogens is 339 g/mol. The van der Waals surface area contributed by atoms with Crippen molar-refractivity contribution in [2.24, 2.45) is 5.10 Å². The van der Waals surface area contributed by atoms with Crippen LogP contribution in [0.25, 0.3) is 0 Å². The first-order chi connectivity index (χ1) is 11.1. The van der Waals surface area contributed by atoms with E-state index in [4.69, 9.17) is 32.7 Å². The molecule has 7 heteroatoms. The predicted octanol–water partition coefficient (Wildman–Crippen LogP) is 3.28. The highest BCUT2D eigenvalue weighted by atomic mass is 35.5. The molecule has 0 radical (unpaired) electrons. The second-order valence-electron chi connectivity index (χ2n) is 4.76. The number of carbonyl (C=O) groups excluding carboxylic acids is 1. The zero-order valence-electron chi connectivity index (χ0n) is 11.8. The largest absolute Gasteiger partial charge is 0.485 e. The van der Waals surface area contributed by atoms with Gasteiger partial charge in [0, 0.05) is 10.6 Å². The minimum absolute atomic E-state index is 0.125. The van der Waals surface area contributed by atoms with E-state index in [1.807, 2.05) is 12.1 Å². The number of fused-ring (bicyclic) bond motifs is 1. The van der Waals surface area contributed by atoms with Crippen LogP contribution in [0.2, 0.25) is 10.0 Å². The van der Waals surface area contributed by atoms with E-state index >= 15 is 0 Å². The third-order valence-corrected chi connectivity index (χ3v) is 3.70. The molecule has 0 saturated carbocycles. The van der Waals surface area contributed by atoms with Crippen LogP contribution >= 0.6 is 23.2 Å². The molecular formula is C16H12Cl2N2O3. The summed E-state index contributed by atoms with van der Waals surface area (Å²) in [5, 5.41) is 4.85. The van der Waals surface area contributed by atoms with Gasteiger partial charge in [0.1, 0.15) is 6.61 Å². The van der Waals surface area contributed by atoms with E-state index in [1.165, 1.54) is 6.21 Å². The molecule has 0 spiro atoms. The second-order valence-corrected chi connectivity index (χ2v) is 5.61. The molecule has 0 unspecified atom stereocenters. The van der Waals surface area contributed by atoms with Crippen LogP contribution in [0.1, 0.15) is 5.56 Å². The molecule has 1 heterocycles. The number of nitrogens with one attached hydrogen (secondary N) is 1. The molecule has 0 saturated heterocycles. The molecule has 118 valence electrons. The molecule has 1 atom stereocenters. The minimum atomic E-state index is -0.761. The van der Waals surface area contributed by atoms with Gasteiger partial charge in [-0.25, -0.2) is 5.43 Å². The molecule has 2 aromatic carbocycles. The number of hydrogen-bond donors (Lipinski definition) is 1. The van der Waals surface area contributed by atoms with Gasteiger partial charge < -0.3 is 9.47 Å². The number of nitrogens with zero attached hydrogens (tertiary/aromatic N) is 1. The summed E-state index contributed by atoms with van der Waals surface area (Å²) >= 11 is 11.8. The van der Waals surface area contributed by atoms with Crippen molar-refractivity contribution in [3.8, 4) is 11.5 Å². The fourth-order valence-corrected chi connectivity index (χ4v) is 2.45. The van der Waals surface area contributed by atoms with Crippen molar-refractivity contribution in [2.45, 2.75) is 6.10 Å². The first-order valence-corrected chi connectivity index (χ1v) is 7.55. The maximum absolute atomic E-state index is 12.1. The van der Waals surface area contributed by atoms with Gasteiger partial charge in [-0.1, -0.05) is 41.4 Å². The number of benzene rings is 2. The van der Waals surface area contributed by atoms with Gasteiger partial charge in [0.2, 0.25) is 6.10 Å². The molecule has 2 aromatic rings. The van der Waals surface area contributed by atoms with E-state index in [9.17, 15) is 4.79 Å². The van der Waals surface area contributed by atoms with Crippen LogP contribution in [0.5, 0.6) is 11.5 Å². The van der Waals surface area contributed by atoms with E-state index in [1.54, 1.807) is 30.3 Å². The third-order valence-electron chi connectivity index (χ3n) is 3.14. The van der Waals surface area contributed by atoms with Gasteiger partial charge in [-0.2, -0.15) is 5.10 Å². The van der Waals surface area contributed by atoms with Crippen molar-refractivity contribution < 1.29 is 14.3 Å². The molecule has 0 aromatic heterocycles. The van der Waals surface area contributed by atoms with Crippen LogP contribution in [-0.4, -0.2) is 24.8 Å². The standard InChI is InChI=1S/C16H12Cl2N2O3/c17-11-6-5-10(12(18)7-11)8-19-20-16(21)15-9-22-13-3-1-2-4-14(13)23-15/h1-8,15H,9H2,(H,20,21)/b19-8-/t15-/m0/s1. The lowest BCUT2D eigenvalue weighted by molar-refractivity contribution is -0.130. The SMILES string of the molecule is O=C(N/N=C\c1ccc(Cl)cc1Cl)[C@@H]1COc2ccccc2O1. The smallest absolute Gasteiger partial charge is 0.284 e. The van der Waals surface area contributed by atoms with Gasteiger partial charge >= 0.3 is 0 Å². The third kappa shape index (κ3) is 3.75. The Morgan fingerprint density at radius 1 is 1.22 bits per heavy atom. The maximum Gasteiger partial charge on any atom is 0.284 e. The number of ether oxygens (including phenoxy) is 2. The van der Waals surface area contributed by atoms with E-state index in [0.29, 0.717) is 27.1 Å². The van der Waals surface area contributed by atoms with Crippen molar-refractivity contribution in [1.82, 2.24) is 5.43 Å². The summed E-state index contributed by atoms with van der Waals surface area (Å²) in [4.78, 5) is 12.1. The number of rotatable bonds is 3. The van der Waals surface area contributed by atoms with E-state index in [-0.39, 0.29) is 6.61 Å². The predicted molar refractivity (Wildman–Crippen MR) is 88.6 cm³/mol. The maximum atomic E-state index is 12.1. The quantitative estimate of drug-likeness (QED) is 0.682. The Morgan fingerprint density at radius 2 is 2.00 bits per heavy atom. The fourth-order valence-electron chi connectivity index (χ4n) is 1.99. The van der Waals surface area contributed by atoms with Gasteiger partial charge in [-0.05, 0) is 24.3 Å². The number of carbonyl (C=O) groups is 1. The Bertz CT molecular complexity index is 765. The van der Waals surface area contributed by atoms with Crippen LogP contribution in [-0.2, 0) is 4.79 Å². The molecule has 1 amide bonds. The molecule has 0 bridgehead atoms. The van der Waals surface area contributed by atoms with Crippen molar-refractivity contribution >= 4 is 35.3 Å². The summed E-state index contributed by atoms with van der Waals surface area (Å²) < 4.78 is 11.1. The van der Waals surface area contributed by atoms with Crippen LogP contribution in [0.3, 0.4) is 0 Å². The van der Waals surface area contributed by atoms with Gasteiger partial charge in [0.25, 0.3) is 5.91 Å². The summed E-state index contributed by atoms with van der Waals surface area (Å²) in [5.74, 6) is 0.748. The molecule has 5 nitrogen and oxygen atoms in total. The molecule has 1 aliphatic rings. The Hall–Kier alpha value is -2.24. The first kappa shape index (κ1) is 15.6. The Balaban J connectivity index is 1.61. The molecule has 0 fully saturated rings. The average molecular weight is 351 g/mol. The van der Waals surface area contributed by atoms with Crippen molar-refractivity contribution in [2.75, 3.05) is 6.61 Å². The highest BCUT2D eigenvalue weighted by Gasteiger charge is 2.26. The normalized spacial score (nSPS) is 16.3. The highest BCUT2D eigenvalue weighted by molar-refractivity contribution is 6.36. The van der Waals surface area contributed by atoms with Gasteiger partial charge in [0.05, 0.1) is 11.2 Å². The van der Waals surface area contributed by atoms with E-state index in [2.05, 4.69) is 10.5 Å². The number of hydrogen-bond acceptors (Lipinski definition) is 4. The summed E-state index contributed by atoms with van der Waals surface area (Å²) in [5.41, 5.74) is 3.05. The van der Waals surface area contributed by atoms with Crippen molar-refractivity contribution in [3.05, 3.63) is 58.1 Å². The Labute approximate surface area is 142 Å². The monoisotopic (exact) mass is 350 g/mol. The molecule has 3 rings (SSSR count). The summed E-state index contributed by atoms with van der Waals surface area (Å²) in [7, 11) is 0. The fraction of sp³-hybridized carbons (Fsp3) is 0.125. The van der Waals surface area contributed by atoms with E-state index < -0.39 is 12.0 Å².